The standard InChI is InChI=1S/C10H19N3O/c11-10(14)9-1-3-13(4-2-9)7-8-5-12-6-8/h8-9,12H,1-7H2,(H2,11,14). The van der Waals surface area contributed by atoms with Gasteiger partial charge in [-0.15, -0.1) is 0 Å². The Morgan fingerprint density at radius 2 is 2.00 bits per heavy atom. The van der Waals surface area contributed by atoms with E-state index in [-0.39, 0.29) is 11.8 Å². The molecule has 0 spiro atoms. The first-order chi connectivity index (χ1) is 6.75. The highest BCUT2D eigenvalue weighted by atomic mass is 16.1. The number of carbonyl (C=O) groups excluding carboxylic acids is 1. The van der Waals surface area contributed by atoms with Gasteiger partial charge in [-0.2, -0.15) is 0 Å². The second kappa shape index (κ2) is 4.28. The third kappa shape index (κ3) is 2.25. The van der Waals surface area contributed by atoms with E-state index < -0.39 is 0 Å². The van der Waals surface area contributed by atoms with Crippen molar-refractivity contribution in [3.63, 3.8) is 0 Å². The molecule has 0 aliphatic carbocycles. The van der Waals surface area contributed by atoms with Gasteiger partial charge in [-0.05, 0) is 31.8 Å². The second-order valence-electron chi connectivity index (χ2n) is 4.50. The van der Waals surface area contributed by atoms with Crippen LogP contribution in [0.3, 0.4) is 0 Å². The van der Waals surface area contributed by atoms with Crippen LogP contribution in [0.4, 0.5) is 0 Å². The van der Waals surface area contributed by atoms with E-state index >= 15 is 0 Å². The number of hydrogen-bond acceptors (Lipinski definition) is 3. The molecule has 0 aromatic rings. The Hall–Kier alpha value is -0.610. The minimum Gasteiger partial charge on any atom is -0.369 e. The van der Waals surface area contributed by atoms with Crippen LogP contribution in [0.25, 0.3) is 0 Å². The topological polar surface area (TPSA) is 58.4 Å². The average Bonchev–Trinajstić information content (AvgIpc) is 2.12. The van der Waals surface area contributed by atoms with Crippen molar-refractivity contribution < 1.29 is 4.79 Å². The van der Waals surface area contributed by atoms with Gasteiger partial charge >= 0.3 is 0 Å². The Kier molecular flexibility index (Phi) is 3.03. The summed E-state index contributed by atoms with van der Waals surface area (Å²) in [5, 5.41) is 3.28. The summed E-state index contributed by atoms with van der Waals surface area (Å²) in [6.45, 7) is 5.61. The van der Waals surface area contributed by atoms with Gasteiger partial charge in [0.1, 0.15) is 0 Å². The summed E-state index contributed by atoms with van der Waals surface area (Å²) in [7, 11) is 0. The Labute approximate surface area is 84.8 Å². The number of rotatable bonds is 3. The summed E-state index contributed by atoms with van der Waals surface area (Å²) >= 11 is 0. The van der Waals surface area contributed by atoms with E-state index in [9.17, 15) is 4.79 Å². The molecule has 2 aliphatic heterocycles. The summed E-state index contributed by atoms with van der Waals surface area (Å²) in [6.07, 6.45) is 1.91. The SMILES string of the molecule is NC(=O)C1CCN(CC2CNC2)CC1. The Bertz CT molecular complexity index is 207. The lowest BCUT2D eigenvalue weighted by Gasteiger charge is -2.36. The monoisotopic (exact) mass is 197 g/mol. The van der Waals surface area contributed by atoms with Crippen LogP contribution in [0.1, 0.15) is 12.8 Å². The summed E-state index contributed by atoms with van der Waals surface area (Å²) in [4.78, 5) is 13.4. The van der Waals surface area contributed by atoms with E-state index in [2.05, 4.69) is 10.2 Å². The van der Waals surface area contributed by atoms with Crippen LogP contribution in [-0.2, 0) is 4.79 Å². The highest BCUT2D eigenvalue weighted by molar-refractivity contribution is 5.76. The lowest BCUT2D eigenvalue weighted by molar-refractivity contribution is -0.123. The van der Waals surface area contributed by atoms with Crippen molar-refractivity contribution in [1.29, 1.82) is 0 Å². The molecular weight excluding hydrogens is 178 g/mol. The molecule has 1 amide bonds. The number of nitrogens with zero attached hydrogens (tertiary/aromatic N) is 1. The molecule has 14 heavy (non-hydrogen) atoms. The maximum absolute atomic E-state index is 10.9. The van der Waals surface area contributed by atoms with Crippen LogP contribution in [-0.4, -0.2) is 43.5 Å². The van der Waals surface area contributed by atoms with Gasteiger partial charge in [0.25, 0.3) is 0 Å². The highest BCUT2D eigenvalue weighted by Crippen LogP contribution is 2.18. The van der Waals surface area contributed by atoms with Crippen molar-refractivity contribution in [3.05, 3.63) is 0 Å². The van der Waals surface area contributed by atoms with Gasteiger partial charge in [0.15, 0.2) is 0 Å². The molecule has 4 heteroatoms. The van der Waals surface area contributed by atoms with Gasteiger partial charge in [-0.3, -0.25) is 4.79 Å². The second-order valence-corrected chi connectivity index (χ2v) is 4.50. The number of amides is 1. The molecule has 2 rings (SSSR count). The molecule has 0 aromatic heterocycles. The zero-order valence-corrected chi connectivity index (χ0v) is 8.54. The van der Waals surface area contributed by atoms with Crippen molar-refractivity contribution >= 4 is 5.91 Å². The zero-order chi connectivity index (χ0) is 9.97. The summed E-state index contributed by atoms with van der Waals surface area (Å²) in [5.74, 6) is 0.848. The van der Waals surface area contributed by atoms with E-state index in [1.54, 1.807) is 0 Å². The van der Waals surface area contributed by atoms with E-state index in [4.69, 9.17) is 5.73 Å². The predicted molar refractivity (Wildman–Crippen MR) is 54.7 cm³/mol. The van der Waals surface area contributed by atoms with Crippen LogP contribution < -0.4 is 11.1 Å². The number of primary amides is 1. The molecule has 4 nitrogen and oxygen atoms in total. The van der Waals surface area contributed by atoms with Crippen molar-refractivity contribution in [2.75, 3.05) is 32.7 Å². The van der Waals surface area contributed by atoms with E-state index in [1.165, 1.54) is 6.54 Å². The molecule has 2 aliphatic rings. The van der Waals surface area contributed by atoms with Crippen molar-refractivity contribution in [1.82, 2.24) is 10.2 Å². The molecule has 3 N–H and O–H groups in total. The van der Waals surface area contributed by atoms with Gasteiger partial charge in [0.05, 0.1) is 0 Å². The molecule has 0 unspecified atom stereocenters. The molecule has 2 heterocycles. The highest BCUT2D eigenvalue weighted by Gasteiger charge is 2.26. The number of likely N-dealkylation sites (tertiary alicyclic amines) is 1. The molecule has 0 radical (unpaired) electrons. The number of nitrogens with two attached hydrogens (primary N) is 1. The molecule has 2 saturated heterocycles. The maximum atomic E-state index is 10.9. The third-order valence-corrected chi connectivity index (χ3v) is 3.37. The van der Waals surface area contributed by atoms with Crippen LogP contribution in [0.15, 0.2) is 0 Å². The zero-order valence-electron chi connectivity index (χ0n) is 8.54. The fraction of sp³-hybridized carbons (Fsp3) is 0.900. The molecular formula is C10H19N3O. The fourth-order valence-corrected chi connectivity index (χ4v) is 2.24. The minimum atomic E-state index is -0.116. The quantitative estimate of drug-likeness (QED) is 0.635. The smallest absolute Gasteiger partial charge is 0.220 e. The molecule has 0 bridgehead atoms. The largest absolute Gasteiger partial charge is 0.369 e. The Morgan fingerprint density at radius 1 is 1.36 bits per heavy atom. The molecule has 0 atom stereocenters. The van der Waals surface area contributed by atoms with E-state index in [1.807, 2.05) is 0 Å². The molecule has 2 fully saturated rings. The first-order valence-corrected chi connectivity index (χ1v) is 5.48. The van der Waals surface area contributed by atoms with Crippen molar-refractivity contribution in [2.24, 2.45) is 17.6 Å². The average molecular weight is 197 g/mol. The normalized spacial score (nSPS) is 26.0. The minimum absolute atomic E-state index is 0.116. The molecule has 0 aromatic carbocycles. The van der Waals surface area contributed by atoms with Gasteiger partial charge in [-0.1, -0.05) is 0 Å². The first-order valence-electron chi connectivity index (χ1n) is 5.48. The predicted octanol–water partition coefficient (Wildman–Crippen LogP) is -0.597. The lowest BCUT2D eigenvalue weighted by Crippen LogP contribution is -2.50. The number of nitrogens with one attached hydrogen (secondary N) is 1. The van der Waals surface area contributed by atoms with Crippen LogP contribution in [0.5, 0.6) is 0 Å². The first kappa shape index (κ1) is 9.93. The van der Waals surface area contributed by atoms with Crippen LogP contribution >= 0.6 is 0 Å². The fourth-order valence-electron chi connectivity index (χ4n) is 2.24. The van der Waals surface area contributed by atoms with Gasteiger partial charge in [0.2, 0.25) is 5.91 Å². The van der Waals surface area contributed by atoms with Crippen LogP contribution in [0.2, 0.25) is 0 Å². The Morgan fingerprint density at radius 3 is 2.43 bits per heavy atom. The molecule has 80 valence electrons. The van der Waals surface area contributed by atoms with Gasteiger partial charge < -0.3 is 16.0 Å². The van der Waals surface area contributed by atoms with E-state index in [0.29, 0.717) is 0 Å². The summed E-state index contributed by atoms with van der Waals surface area (Å²) in [6, 6.07) is 0. The van der Waals surface area contributed by atoms with Crippen LogP contribution in [0, 0.1) is 11.8 Å². The maximum Gasteiger partial charge on any atom is 0.220 e. The number of carbonyl (C=O) groups is 1. The number of piperidine rings is 1. The van der Waals surface area contributed by atoms with Gasteiger partial charge in [0, 0.05) is 25.6 Å². The lowest BCUT2D eigenvalue weighted by atomic mass is 9.94. The van der Waals surface area contributed by atoms with Crippen molar-refractivity contribution in [3.8, 4) is 0 Å². The summed E-state index contributed by atoms with van der Waals surface area (Å²) < 4.78 is 0. The third-order valence-electron chi connectivity index (χ3n) is 3.37. The number of hydrogen-bond donors (Lipinski definition) is 2. The Balaban J connectivity index is 1.69. The van der Waals surface area contributed by atoms with Crippen molar-refractivity contribution in [2.45, 2.75) is 12.8 Å². The van der Waals surface area contributed by atoms with E-state index in [0.717, 1.165) is 44.9 Å². The van der Waals surface area contributed by atoms with Gasteiger partial charge in [-0.25, -0.2) is 0 Å². The summed E-state index contributed by atoms with van der Waals surface area (Å²) in [5.41, 5.74) is 5.28. The molecule has 0 saturated carbocycles.